The second-order valence-corrected chi connectivity index (χ2v) is 4.63. The number of ether oxygens (including phenoxy) is 1. The number of hydrogen-bond donors (Lipinski definition) is 1. The molecule has 0 bridgehead atoms. The van der Waals surface area contributed by atoms with Crippen molar-refractivity contribution in [2.45, 2.75) is 32.0 Å². The van der Waals surface area contributed by atoms with Crippen molar-refractivity contribution in [1.29, 1.82) is 0 Å². The Hall–Kier alpha value is -1.15. The molecule has 0 spiro atoms. The monoisotopic (exact) mass is 279 g/mol. The van der Waals surface area contributed by atoms with Gasteiger partial charge in [-0.1, -0.05) is 5.16 Å². The van der Waals surface area contributed by atoms with Crippen LogP contribution < -0.4 is 5.32 Å². The van der Waals surface area contributed by atoms with Gasteiger partial charge in [0.05, 0.1) is 0 Å². The maximum Gasteiger partial charge on any atom is 0.411 e. The summed E-state index contributed by atoms with van der Waals surface area (Å²) in [6, 6.07) is 0. The van der Waals surface area contributed by atoms with Gasteiger partial charge in [-0.05, 0) is 31.8 Å². The van der Waals surface area contributed by atoms with Crippen LogP contribution >= 0.6 is 0 Å². The average molecular weight is 279 g/mol. The van der Waals surface area contributed by atoms with Gasteiger partial charge in [-0.3, -0.25) is 0 Å². The molecule has 1 unspecified atom stereocenters. The fourth-order valence-corrected chi connectivity index (χ4v) is 2.03. The third-order valence-corrected chi connectivity index (χ3v) is 2.87. The Bertz CT molecular complexity index is 389. The second-order valence-electron chi connectivity index (χ2n) is 4.63. The lowest BCUT2D eigenvalue weighted by molar-refractivity contribution is -0.177. The molecule has 1 aliphatic heterocycles. The van der Waals surface area contributed by atoms with Crippen molar-refractivity contribution in [2.75, 3.05) is 19.7 Å². The molecule has 0 aliphatic carbocycles. The van der Waals surface area contributed by atoms with E-state index in [4.69, 9.17) is 4.52 Å². The van der Waals surface area contributed by atoms with E-state index in [-0.39, 0.29) is 12.4 Å². The lowest BCUT2D eigenvalue weighted by Gasteiger charge is -2.20. The first-order valence-corrected chi connectivity index (χ1v) is 6.19. The normalized spacial score (nSPS) is 20.7. The van der Waals surface area contributed by atoms with Gasteiger partial charge in [-0.15, -0.1) is 0 Å². The van der Waals surface area contributed by atoms with Crippen molar-refractivity contribution >= 4 is 0 Å². The van der Waals surface area contributed by atoms with Crippen LogP contribution in [0.4, 0.5) is 13.2 Å². The molecule has 8 heteroatoms. The molecule has 0 aromatic carbocycles. The molecule has 1 fully saturated rings. The number of nitrogens with one attached hydrogen (secondary N) is 1. The third kappa shape index (κ3) is 5.15. The van der Waals surface area contributed by atoms with Gasteiger partial charge in [0.15, 0.2) is 5.82 Å². The standard InChI is InChI=1S/C11H16F3N3O2/c12-11(13,14)7-18-6-9-16-10(19-17-9)4-8-2-1-3-15-5-8/h8,15H,1-7H2. The molecular formula is C11H16F3N3O2. The van der Waals surface area contributed by atoms with Gasteiger partial charge < -0.3 is 14.6 Å². The van der Waals surface area contributed by atoms with E-state index in [9.17, 15) is 13.2 Å². The van der Waals surface area contributed by atoms with E-state index in [1.54, 1.807) is 0 Å². The Morgan fingerprint density at radius 1 is 1.42 bits per heavy atom. The highest BCUT2D eigenvalue weighted by Crippen LogP contribution is 2.17. The molecule has 1 aromatic heterocycles. The van der Waals surface area contributed by atoms with E-state index in [2.05, 4.69) is 20.2 Å². The summed E-state index contributed by atoms with van der Waals surface area (Å²) in [6.07, 6.45) is -1.48. The van der Waals surface area contributed by atoms with Gasteiger partial charge in [-0.2, -0.15) is 18.2 Å². The summed E-state index contributed by atoms with van der Waals surface area (Å²) < 4.78 is 45.1. The minimum absolute atomic E-state index is 0.156. The molecular weight excluding hydrogens is 263 g/mol. The first-order valence-electron chi connectivity index (χ1n) is 6.19. The SMILES string of the molecule is FC(F)(F)COCc1noc(CC2CCCNC2)n1. The van der Waals surface area contributed by atoms with Crippen LogP contribution in [-0.2, 0) is 17.8 Å². The topological polar surface area (TPSA) is 60.2 Å². The summed E-state index contributed by atoms with van der Waals surface area (Å²) in [5.74, 6) is 1.06. The van der Waals surface area contributed by atoms with Crippen LogP contribution in [-0.4, -0.2) is 36.0 Å². The summed E-state index contributed by atoms with van der Waals surface area (Å²) >= 11 is 0. The van der Waals surface area contributed by atoms with Crippen LogP contribution in [0.1, 0.15) is 24.6 Å². The third-order valence-electron chi connectivity index (χ3n) is 2.87. The van der Waals surface area contributed by atoms with Crippen LogP contribution in [0.25, 0.3) is 0 Å². The fourth-order valence-electron chi connectivity index (χ4n) is 2.03. The largest absolute Gasteiger partial charge is 0.411 e. The Morgan fingerprint density at radius 3 is 2.95 bits per heavy atom. The maximum atomic E-state index is 11.9. The van der Waals surface area contributed by atoms with Gasteiger partial charge >= 0.3 is 6.18 Å². The lowest BCUT2D eigenvalue weighted by atomic mass is 9.96. The molecule has 1 saturated heterocycles. The van der Waals surface area contributed by atoms with Gasteiger partial charge in [0.25, 0.3) is 0 Å². The van der Waals surface area contributed by atoms with Crippen LogP contribution in [0.3, 0.4) is 0 Å². The highest BCUT2D eigenvalue weighted by atomic mass is 19.4. The van der Waals surface area contributed by atoms with E-state index in [0.29, 0.717) is 18.2 Å². The summed E-state index contributed by atoms with van der Waals surface area (Å²) in [4.78, 5) is 4.03. The van der Waals surface area contributed by atoms with Crippen LogP contribution in [0, 0.1) is 5.92 Å². The van der Waals surface area contributed by atoms with Crippen LogP contribution in [0.2, 0.25) is 0 Å². The highest BCUT2D eigenvalue weighted by Gasteiger charge is 2.27. The van der Waals surface area contributed by atoms with Gasteiger partial charge in [-0.25, -0.2) is 0 Å². The zero-order valence-electron chi connectivity index (χ0n) is 10.4. The Labute approximate surface area is 108 Å². The number of aromatic nitrogens is 2. The minimum Gasteiger partial charge on any atom is -0.364 e. The van der Waals surface area contributed by atoms with E-state index >= 15 is 0 Å². The molecule has 1 N–H and O–H groups in total. The van der Waals surface area contributed by atoms with Crippen LogP contribution in [0.15, 0.2) is 4.52 Å². The summed E-state index contributed by atoms with van der Waals surface area (Å²) in [5.41, 5.74) is 0. The zero-order chi connectivity index (χ0) is 13.7. The average Bonchev–Trinajstić information content (AvgIpc) is 2.76. The number of alkyl halides is 3. The smallest absolute Gasteiger partial charge is 0.364 e. The van der Waals surface area contributed by atoms with Crippen molar-refractivity contribution in [2.24, 2.45) is 5.92 Å². The number of hydrogen-bond acceptors (Lipinski definition) is 5. The molecule has 1 aromatic rings. The molecule has 1 atom stereocenters. The number of rotatable bonds is 5. The molecule has 1 aliphatic rings. The van der Waals surface area contributed by atoms with Gasteiger partial charge in [0.1, 0.15) is 13.2 Å². The lowest BCUT2D eigenvalue weighted by Crippen LogP contribution is -2.30. The Kier molecular flexibility index (Phi) is 4.76. The molecule has 108 valence electrons. The minimum atomic E-state index is -4.33. The molecule has 0 amide bonds. The van der Waals surface area contributed by atoms with Crippen molar-refractivity contribution in [1.82, 2.24) is 15.5 Å². The summed E-state index contributed by atoms with van der Waals surface area (Å²) in [6.45, 7) is 0.342. The molecule has 2 heterocycles. The number of halogens is 3. The number of piperidine rings is 1. The van der Waals surface area contributed by atoms with E-state index < -0.39 is 12.8 Å². The van der Waals surface area contributed by atoms with Crippen molar-refractivity contribution in [3.05, 3.63) is 11.7 Å². The first kappa shape index (κ1) is 14.3. The number of nitrogens with zero attached hydrogens (tertiary/aromatic N) is 2. The Morgan fingerprint density at radius 2 is 2.26 bits per heavy atom. The van der Waals surface area contributed by atoms with E-state index in [1.807, 2.05) is 0 Å². The van der Waals surface area contributed by atoms with Crippen molar-refractivity contribution in [3.8, 4) is 0 Å². The predicted molar refractivity (Wildman–Crippen MR) is 59.3 cm³/mol. The van der Waals surface area contributed by atoms with E-state index in [0.717, 1.165) is 25.9 Å². The van der Waals surface area contributed by atoms with Gasteiger partial charge in [0, 0.05) is 6.42 Å². The maximum absolute atomic E-state index is 11.9. The van der Waals surface area contributed by atoms with Gasteiger partial charge in [0.2, 0.25) is 5.89 Å². The summed E-state index contributed by atoms with van der Waals surface area (Å²) in [5, 5.41) is 6.88. The Balaban J connectivity index is 1.75. The van der Waals surface area contributed by atoms with Crippen molar-refractivity contribution in [3.63, 3.8) is 0 Å². The molecule has 19 heavy (non-hydrogen) atoms. The zero-order valence-corrected chi connectivity index (χ0v) is 10.4. The molecule has 0 saturated carbocycles. The quantitative estimate of drug-likeness (QED) is 0.888. The van der Waals surface area contributed by atoms with Crippen LogP contribution in [0.5, 0.6) is 0 Å². The second kappa shape index (κ2) is 6.33. The van der Waals surface area contributed by atoms with E-state index in [1.165, 1.54) is 0 Å². The van der Waals surface area contributed by atoms with Crippen molar-refractivity contribution < 1.29 is 22.4 Å². The fraction of sp³-hybridized carbons (Fsp3) is 0.818. The molecule has 2 rings (SSSR count). The predicted octanol–water partition coefficient (Wildman–Crippen LogP) is 1.69. The molecule has 5 nitrogen and oxygen atoms in total. The first-order chi connectivity index (χ1) is 9.03. The summed E-state index contributed by atoms with van der Waals surface area (Å²) in [7, 11) is 0. The molecule has 0 radical (unpaired) electrons. The highest BCUT2D eigenvalue weighted by molar-refractivity contribution is 4.88.